The van der Waals surface area contributed by atoms with Gasteiger partial charge in [0.15, 0.2) is 5.82 Å². The number of ether oxygens (including phenoxy) is 2. The molecular weight excluding hydrogens is 394 g/mol. The summed E-state index contributed by atoms with van der Waals surface area (Å²) in [5.74, 6) is 2.52. The predicted molar refractivity (Wildman–Crippen MR) is 123 cm³/mol. The summed E-state index contributed by atoms with van der Waals surface area (Å²) < 4.78 is 10.7. The molecule has 0 spiro atoms. The van der Waals surface area contributed by atoms with Gasteiger partial charge in [-0.05, 0) is 37.6 Å². The van der Waals surface area contributed by atoms with Crippen molar-refractivity contribution < 1.29 is 14.6 Å². The van der Waals surface area contributed by atoms with E-state index in [0.717, 1.165) is 41.8 Å². The molecule has 0 aliphatic heterocycles. The minimum Gasteiger partial charge on any atom is -0.497 e. The summed E-state index contributed by atoms with van der Waals surface area (Å²) in [6.07, 6.45) is 4.60. The fraction of sp³-hybridized carbons (Fsp3) is 0.435. The van der Waals surface area contributed by atoms with Crippen LogP contribution >= 0.6 is 0 Å². The second kappa shape index (κ2) is 10.3. The molecule has 0 radical (unpaired) electrons. The third-order valence-corrected chi connectivity index (χ3v) is 5.24. The lowest BCUT2D eigenvalue weighted by Gasteiger charge is -2.29. The van der Waals surface area contributed by atoms with Crippen molar-refractivity contribution in [3.63, 3.8) is 0 Å². The molecule has 3 N–H and O–H groups in total. The number of rotatable bonds is 11. The van der Waals surface area contributed by atoms with Gasteiger partial charge in [-0.3, -0.25) is 4.98 Å². The molecule has 31 heavy (non-hydrogen) atoms. The third kappa shape index (κ3) is 5.52. The molecule has 3 rings (SSSR count). The van der Waals surface area contributed by atoms with E-state index in [1.807, 2.05) is 37.3 Å². The van der Waals surface area contributed by atoms with E-state index in [4.69, 9.17) is 9.47 Å². The quantitative estimate of drug-likeness (QED) is 0.424. The van der Waals surface area contributed by atoms with E-state index in [1.165, 1.54) is 0 Å². The van der Waals surface area contributed by atoms with E-state index >= 15 is 0 Å². The van der Waals surface area contributed by atoms with Crippen LogP contribution in [0.2, 0.25) is 0 Å². The molecule has 0 unspecified atom stereocenters. The molecule has 0 bridgehead atoms. The van der Waals surface area contributed by atoms with Gasteiger partial charge >= 0.3 is 0 Å². The molecule has 8 heteroatoms. The molecule has 0 saturated heterocycles. The highest BCUT2D eigenvalue weighted by atomic mass is 16.5. The zero-order chi connectivity index (χ0) is 22.3. The number of benzene rings is 1. The number of hydrogen-bond acceptors (Lipinski definition) is 8. The number of unbranched alkanes of at least 4 members (excludes halogenated alkanes) is 1. The number of aliphatic hydroxyl groups excluding tert-OH is 1. The highest BCUT2D eigenvalue weighted by Gasteiger charge is 2.24. The van der Waals surface area contributed by atoms with E-state index in [2.05, 4.69) is 32.5 Å². The summed E-state index contributed by atoms with van der Waals surface area (Å²) >= 11 is 0. The molecule has 3 aromatic rings. The average molecular weight is 426 g/mol. The molecule has 8 nitrogen and oxygen atoms in total. The Bertz CT molecular complexity index is 1010. The van der Waals surface area contributed by atoms with Crippen molar-refractivity contribution in [2.24, 2.45) is 0 Å². The van der Waals surface area contributed by atoms with Gasteiger partial charge in [0.25, 0.3) is 0 Å². The number of aromatic nitrogens is 3. The number of aliphatic hydroxyl groups is 1. The first kappa shape index (κ1) is 22.6. The van der Waals surface area contributed by atoms with E-state index in [0.29, 0.717) is 23.8 Å². The van der Waals surface area contributed by atoms with Crippen LogP contribution in [0.1, 0.15) is 38.7 Å². The Balaban J connectivity index is 1.88. The summed E-state index contributed by atoms with van der Waals surface area (Å²) in [4.78, 5) is 13.7. The number of nitrogens with zero attached hydrogens (tertiary/aromatic N) is 3. The lowest BCUT2D eigenvalue weighted by atomic mass is 9.96. The largest absolute Gasteiger partial charge is 0.497 e. The lowest BCUT2D eigenvalue weighted by molar-refractivity contribution is 0.212. The maximum Gasteiger partial charge on any atom is 0.225 e. The van der Waals surface area contributed by atoms with Crippen molar-refractivity contribution in [3.8, 4) is 11.5 Å². The van der Waals surface area contributed by atoms with E-state index < -0.39 is 5.54 Å². The Hall–Kier alpha value is -3.13. The second-order valence-electron chi connectivity index (χ2n) is 7.75. The van der Waals surface area contributed by atoms with Gasteiger partial charge in [-0.25, -0.2) is 4.98 Å². The summed E-state index contributed by atoms with van der Waals surface area (Å²) in [6.45, 7) is 4.60. The smallest absolute Gasteiger partial charge is 0.225 e. The van der Waals surface area contributed by atoms with Crippen molar-refractivity contribution in [2.45, 2.75) is 45.2 Å². The number of nitrogens with one attached hydrogen (secondary N) is 2. The van der Waals surface area contributed by atoms with Gasteiger partial charge in [-0.15, -0.1) is 0 Å². The van der Waals surface area contributed by atoms with Gasteiger partial charge in [0.2, 0.25) is 5.95 Å². The highest BCUT2D eigenvalue weighted by Crippen LogP contribution is 2.27. The maximum absolute atomic E-state index is 10.0. The average Bonchev–Trinajstić information content (AvgIpc) is 2.81. The third-order valence-electron chi connectivity index (χ3n) is 5.24. The molecule has 0 saturated carbocycles. The number of pyridine rings is 1. The van der Waals surface area contributed by atoms with Crippen LogP contribution in [-0.4, -0.2) is 46.4 Å². The Morgan fingerprint density at radius 2 is 1.97 bits per heavy atom. The molecule has 0 aliphatic carbocycles. The van der Waals surface area contributed by atoms with Gasteiger partial charge in [0.05, 0.1) is 31.9 Å². The highest BCUT2D eigenvalue weighted by molar-refractivity contribution is 5.86. The van der Waals surface area contributed by atoms with Crippen LogP contribution in [0.4, 0.5) is 11.8 Å². The SMILES string of the molecule is CCCC[C@](C)(CO)Nc1nc(NCc2ccc(OC)cc2OC)nc2cccnc12. The zero-order valence-corrected chi connectivity index (χ0v) is 18.6. The van der Waals surface area contributed by atoms with Gasteiger partial charge < -0.3 is 25.2 Å². The van der Waals surface area contributed by atoms with Crippen LogP contribution in [0, 0.1) is 0 Å². The van der Waals surface area contributed by atoms with Crippen LogP contribution in [0.15, 0.2) is 36.5 Å². The van der Waals surface area contributed by atoms with Crippen LogP contribution in [0.25, 0.3) is 11.0 Å². The number of hydrogen-bond donors (Lipinski definition) is 3. The second-order valence-corrected chi connectivity index (χ2v) is 7.75. The summed E-state index contributed by atoms with van der Waals surface area (Å²) in [6, 6.07) is 9.42. The first-order chi connectivity index (χ1) is 15.0. The number of anilines is 2. The molecule has 2 heterocycles. The summed E-state index contributed by atoms with van der Waals surface area (Å²) in [7, 11) is 3.25. The van der Waals surface area contributed by atoms with Crippen molar-refractivity contribution in [3.05, 3.63) is 42.1 Å². The van der Waals surface area contributed by atoms with Gasteiger partial charge in [0, 0.05) is 24.4 Å². The maximum atomic E-state index is 10.0. The fourth-order valence-corrected chi connectivity index (χ4v) is 3.34. The first-order valence-corrected chi connectivity index (χ1v) is 10.5. The molecule has 0 aliphatic rings. The van der Waals surface area contributed by atoms with Crippen LogP contribution < -0.4 is 20.1 Å². The van der Waals surface area contributed by atoms with Crippen molar-refractivity contribution in [1.82, 2.24) is 15.0 Å². The van der Waals surface area contributed by atoms with E-state index in [1.54, 1.807) is 20.4 Å². The van der Waals surface area contributed by atoms with E-state index in [-0.39, 0.29) is 6.61 Å². The van der Waals surface area contributed by atoms with Gasteiger partial charge in [0.1, 0.15) is 17.0 Å². The van der Waals surface area contributed by atoms with Gasteiger partial charge in [-0.1, -0.05) is 19.8 Å². The Kier molecular flexibility index (Phi) is 7.46. The van der Waals surface area contributed by atoms with Crippen LogP contribution in [0.3, 0.4) is 0 Å². The molecule has 0 fully saturated rings. The van der Waals surface area contributed by atoms with Crippen molar-refractivity contribution >= 4 is 22.8 Å². The topological polar surface area (TPSA) is 101 Å². The Morgan fingerprint density at radius 1 is 1.13 bits per heavy atom. The Morgan fingerprint density at radius 3 is 2.68 bits per heavy atom. The first-order valence-electron chi connectivity index (χ1n) is 10.5. The molecule has 1 aromatic carbocycles. The molecule has 166 valence electrons. The minimum absolute atomic E-state index is 0.00284. The normalized spacial score (nSPS) is 12.9. The predicted octanol–water partition coefficient (Wildman–Crippen LogP) is 4.01. The summed E-state index contributed by atoms with van der Waals surface area (Å²) in [5.41, 5.74) is 1.85. The fourth-order valence-electron chi connectivity index (χ4n) is 3.34. The molecule has 0 amide bonds. The van der Waals surface area contributed by atoms with Crippen molar-refractivity contribution in [1.29, 1.82) is 0 Å². The molecular formula is C23H31N5O3. The molecule has 2 aromatic heterocycles. The number of methoxy groups -OCH3 is 2. The van der Waals surface area contributed by atoms with Crippen LogP contribution in [0.5, 0.6) is 11.5 Å². The Labute approximate surface area is 183 Å². The summed E-state index contributed by atoms with van der Waals surface area (Å²) in [5, 5.41) is 16.7. The minimum atomic E-state index is -0.495. The monoisotopic (exact) mass is 425 g/mol. The standard InChI is InChI=1S/C23H31N5O3/c1-5-6-11-23(2,15-29)28-21-20-18(8-7-12-24-20)26-22(27-21)25-14-16-9-10-17(30-3)13-19(16)31-4/h7-10,12-13,29H,5-6,11,14-15H2,1-4H3,(H2,25,26,27,28)/t23-/m1/s1. The zero-order valence-electron chi connectivity index (χ0n) is 18.6. The van der Waals surface area contributed by atoms with Crippen molar-refractivity contribution in [2.75, 3.05) is 31.5 Å². The molecule has 1 atom stereocenters. The van der Waals surface area contributed by atoms with E-state index in [9.17, 15) is 5.11 Å². The van der Waals surface area contributed by atoms with Crippen LogP contribution in [-0.2, 0) is 6.54 Å². The van der Waals surface area contributed by atoms with Gasteiger partial charge in [-0.2, -0.15) is 4.98 Å². The lowest BCUT2D eigenvalue weighted by Crippen LogP contribution is -2.39. The number of fused-ring (bicyclic) bond motifs is 1.